The first-order valence-corrected chi connectivity index (χ1v) is 10.4. The van der Waals surface area contributed by atoms with Crippen LogP contribution >= 0.6 is 0 Å². The molecular weight excluding hydrogens is 340 g/mol. The van der Waals surface area contributed by atoms with Gasteiger partial charge in [-0.25, -0.2) is 9.97 Å². The fourth-order valence-electron chi connectivity index (χ4n) is 5.45. The molecule has 3 atom stereocenters. The van der Waals surface area contributed by atoms with E-state index < -0.39 is 0 Å². The van der Waals surface area contributed by atoms with Gasteiger partial charge in [-0.1, -0.05) is 0 Å². The summed E-state index contributed by atoms with van der Waals surface area (Å²) in [7, 11) is 0. The van der Waals surface area contributed by atoms with E-state index in [0.717, 1.165) is 37.0 Å². The molecule has 1 unspecified atom stereocenters. The Hall–Kier alpha value is -1.70. The number of likely N-dealkylation sites (tertiary alicyclic amines) is 1. The molecule has 2 aromatic rings. The average molecular weight is 371 g/mol. The molecule has 3 aliphatic rings. The first-order valence-electron chi connectivity index (χ1n) is 10.4. The highest BCUT2D eigenvalue weighted by Crippen LogP contribution is 2.39. The third-order valence-electron chi connectivity index (χ3n) is 6.86. The number of nitrogens with one attached hydrogen (secondary N) is 1. The monoisotopic (exact) mass is 370 g/mol. The first-order chi connectivity index (χ1) is 13.3. The van der Waals surface area contributed by atoms with Crippen molar-refractivity contribution >= 4 is 16.9 Å². The Kier molecular flexibility index (Phi) is 4.53. The summed E-state index contributed by atoms with van der Waals surface area (Å²) in [6, 6.07) is 2.00. The smallest absolute Gasteiger partial charge is 0.147 e. The zero-order chi connectivity index (χ0) is 18.3. The number of aromatic nitrogens is 3. The van der Waals surface area contributed by atoms with Crippen molar-refractivity contribution < 1.29 is 4.74 Å². The van der Waals surface area contributed by atoms with Gasteiger partial charge in [-0.15, -0.1) is 0 Å². The minimum Gasteiger partial charge on any atom is -0.383 e. The van der Waals surface area contributed by atoms with Crippen molar-refractivity contribution in [2.24, 2.45) is 0 Å². The van der Waals surface area contributed by atoms with Gasteiger partial charge in [-0.05, 0) is 70.6 Å². The van der Waals surface area contributed by atoms with E-state index in [2.05, 4.69) is 24.8 Å². The zero-order valence-electron chi connectivity index (χ0n) is 15.9. The Labute approximate surface area is 160 Å². The fourth-order valence-corrected chi connectivity index (χ4v) is 5.45. The molecular formula is C20H30N6O. The lowest BCUT2D eigenvalue weighted by Gasteiger charge is -2.39. The van der Waals surface area contributed by atoms with Crippen molar-refractivity contribution in [3.63, 3.8) is 0 Å². The lowest BCUT2D eigenvalue weighted by Crippen LogP contribution is -2.47. The number of rotatable bonds is 3. The van der Waals surface area contributed by atoms with E-state index in [1.165, 1.54) is 51.5 Å². The molecule has 3 saturated heterocycles. The van der Waals surface area contributed by atoms with Crippen LogP contribution in [0, 0.1) is 0 Å². The Morgan fingerprint density at radius 1 is 1.19 bits per heavy atom. The van der Waals surface area contributed by atoms with Crippen LogP contribution in [-0.4, -0.2) is 57.3 Å². The number of nitrogens with two attached hydrogens (primary N) is 1. The van der Waals surface area contributed by atoms with Crippen LogP contribution in [0.2, 0.25) is 0 Å². The molecule has 7 nitrogen and oxygen atoms in total. The third-order valence-corrected chi connectivity index (χ3v) is 6.86. The fraction of sp³-hybridized carbons (Fsp3) is 0.700. The van der Waals surface area contributed by atoms with Crippen LogP contribution in [0.3, 0.4) is 0 Å². The number of nitrogens with zero attached hydrogens (tertiary/aromatic N) is 4. The van der Waals surface area contributed by atoms with Crippen LogP contribution in [-0.2, 0) is 4.74 Å². The maximum absolute atomic E-state index is 6.49. The average Bonchev–Trinajstić information content (AvgIpc) is 3.34. The van der Waals surface area contributed by atoms with Gasteiger partial charge in [0.05, 0.1) is 11.5 Å². The van der Waals surface area contributed by atoms with E-state index >= 15 is 0 Å². The largest absolute Gasteiger partial charge is 0.383 e. The van der Waals surface area contributed by atoms with Crippen molar-refractivity contribution in [3.8, 4) is 0 Å². The highest BCUT2D eigenvalue weighted by atomic mass is 16.5. The number of hydrogen-bond donors (Lipinski definition) is 2. The number of fused-ring (bicyclic) bond motifs is 1. The molecule has 0 saturated carbocycles. The summed E-state index contributed by atoms with van der Waals surface area (Å²) in [6.45, 7) is 4.61. The summed E-state index contributed by atoms with van der Waals surface area (Å²) in [5, 5.41) is 4.49. The lowest BCUT2D eigenvalue weighted by molar-refractivity contribution is -0.0252. The summed E-state index contributed by atoms with van der Waals surface area (Å²) in [5.74, 6) is 0.536. The number of ether oxygens (including phenoxy) is 1. The standard InChI is InChI=1S/C20H30N6O/c21-18-16-5-12-26(19(16)24-14-23-18)17-4-3-15(27-17)13-25-11-2-7-20(25)6-1-9-22-10-8-20/h5,12,14-15,17,22H,1-4,6-11,13H2,(H2,21,23,24)/t15-,17+,20?/m0/s1. The van der Waals surface area contributed by atoms with Gasteiger partial charge >= 0.3 is 0 Å². The normalized spacial score (nSPS) is 32.4. The van der Waals surface area contributed by atoms with Crippen LogP contribution in [0.15, 0.2) is 18.6 Å². The second-order valence-electron chi connectivity index (χ2n) is 8.39. The molecule has 7 heteroatoms. The van der Waals surface area contributed by atoms with E-state index in [9.17, 15) is 0 Å². The highest BCUT2D eigenvalue weighted by molar-refractivity contribution is 5.86. The predicted molar refractivity (Wildman–Crippen MR) is 105 cm³/mol. The van der Waals surface area contributed by atoms with Crippen LogP contribution in [0.4, 0.5) is 5.82 Å². The number of hydrogen-bond acceptors (Lipinski definition) is 6. The molecule has 0 aromatic carbocycles. The van der Waals surface area contributed by atoms with Crippen LogP contribution in [0.25, 0.3) is 11.0 Å². The summed E-state index contributed by atoms with van der Waals surface area (Å²) in [6.07, 6.45) is 12.6. The van der Waals surface area contributed by atoms with Crippen LogP contribution < -0.4 is 11.1 Å². The lowest BCUT2D eigenvalue weighted by atomic mass is 9.87. The minimum atomic E-state index is 0.0520. The van der Waals surface area contributed by atoms with Gasteiger partial charge in [0.2, 0.25) is 0 Å². The van der Waals surface area contributed by atoms with Gasteiger partial charge < -0.3 is 20.4 Å². The molecule has 5 heterocycles. The third kappa shape index (κ3) is 3.11. The van der Waals surface area contributed by atoms with Crippen molar-refractivity contribution in [2.45, 2.75) is 62.8 Å². The number of anilines is 1. The maximum Gasteiger partial charge on any atom is 0.147 e. The second kappa shape index (κ2) is 7.04. The Morgan fingerprint density at radius 2 is 2.11 bits per heavy atom. The molecule has 0 radical (unpaired) electrons. The van der Waals surface area contributed by atoms with Gasteiger partial charge in [0.15, 0.2) is 0 Å². The molecule has 2 aromatic heterocycles. The van der Waals surface area contributed by atoms with E-state index in [4.69, 9.17) is 10.5 Å². The van der Waals surface area contributed by atoms with Gasteiger partial charge in [0.25, 0.3) is 0 Å². The molecule has 146 valence electrons. The quantitative estimate of drug-likeness (QED) is 0.863. The molecule has 5 rings (SSSR count). The Bertz CT molecular complexity index is 797. The van der Waals surface area contributed by atoms with Crippen LogP contribution in [0.5, 0.6) is 0 Å². The van der Waals surface area contributed by atoms with Crippen molar-refractivity contribution in [1.29, 1.82) is 0 Å². The van der Waals surface area contributed by atoms with Gasteiger partial charge in [0, 0.05) is 18.3 Å². The summed E-state index contributed by atoms with van der Waals surface area (Å²) in [4.78, 5) is 11.3. The highest BCUT2D eigenvalue weighted by Gasteiger charge is 2.42. The van der Waals surface area contributed by atoms with E-state index in [1.807, 2.05) is 12.3 Å². The summed E-state index contributed by atoms with van der Waals surface area (Å²) >= 11 is 0. The molecule has 27 heavy (non-hydrogen) atoms. The molecule has 0 amide bonds. The van der Waals surface area contributed by atoms with E-state index in [-0.39, 0.29) is 6.23 Å². The minimum absolute atomic E-state index is 0.0520. The summed E-state index contributed by atoms with van der Waals surface area (Å²) < 4.78 is 8.61. The Morgan fingerprint density at radius 3 is 3.07 bits per heavy atom. The molecule has 0 bridgehead atoms. The SMILES string of the molecule is Nc1ncnc2c1ccn2[C@H]1CC[C@@H](CN2CCCC23CCCNCC3)O1. The molecule has 1 spiro atoms. The van der Waals surface area contributed by atoms with Crippen molar-refractivity contribution in [2.75, 3.05) is 31.9 Å². The molecule has 3 N–H and O–H groups in total. The van der Waals surface area contributed by atoms with E-state index in [0.29, 0.717) is 17.5 Å². The Balaban J connectivity index is 1.29. The molecule has 3 fully saturated rings. The second-order valence-corrected chi connectivity index (χ2v) is 8.39. The van der Waals surface area contributed by atoms with E-state index in [1.54, 1.807) is 0 Å². The van der Waals surface area contributed by atoms with Crippen LogP contribution in [0.1, 0.15) is 51.2 Å². The molecule has 0 aliphatic carbocycles. The van der Waals surface area contributed by atoms with Crippen molar-refractivity contribution in [3.05, 3.63) is 18.6 Å². The number of nitrogen functional groups attached to an aromatic ring is 1. The van der Waals surface area contributed by atoms with Gasteiger partial charge in [-0.3, -0.25) is 4.90 Å². The zero-order valence-corrected chi connectivity index (χ0v) is 15.9. The molecule has 3 aliphatic heterocycles. The van der Waals surface area contributed by atoms with Crippen molar-refractivity contribution in [1.82, 2.24) is 24.8 Å². The maximum atomic E-state index is 6.49. The summed E-state index contributed by atoms with van der Waals surface area (Å²) in [5.41, 5.74) is 7.26. The predicted octanol–water partition coefficient (Wildman–Crippen LogP) is 2.30. The first kappa shape index (κ1) is 17.4. The van der Waals surface area contributed by atoms with Gasteiger partial charge in [0.1, 0.15) is 24.0 Å². The van der Waals surface area contributed by atoms with Gasteiger partial charge in [-0.2, -0.15) is 0 Å². The topological polar surface area (TPSA) is 81.2 Å².